The van der Waals surface area contributed by atoms with Crippen LogP contribution in [0.2, 0.25) is 0 Å². The number of benzene rings is 1. The Kier molecular flexibility index (Phi) is 7.53. The third-order valence-electron chi connectivity index (χ3n) is 2.77. The Morgan fingerprint density at radius 3 is 1.95 bits per heavy atom. The zero-order valence-corrected chi connectivity index (χ0v) is 13.0. The van der Waals surface area contributed by atoms with Gasteiger partial charge >= 0.3 is 6.16 Å². The van der Waals surface area contributed by atoms with E-state index in [0.29, 0.717) is 24.2 Å². The summed E-state index contributed by atoms with van der Waals surface area (Å²) >= 11 is 0. The van der Waals surface area contributed by atoms with Crippen molar-refractivity contribution in [3.05, 3.63) is 29.3 Å². The predicted molar refractivity (Wildman–Crippen MR) is 79.5 cm³/mol. The van der Waals surface area contributed by atoms with Crippen molar-refractivity contribution in [1.29, 1.82) is 0 Å². The van der Waals surface area contributed by atoms with E-state index in [1.807, 2.05) is 18.2 Å². The van der Waals surface area contributed by atoms with Gasteiger partial charge in [0.1, 0.15) is 5.75 Å². The summed E-state index contributed by atoms with van der Waals surface area (Å²) in [7, 11) is 0. The number of para-hydroxylation sites is 1. The van der Waals surface area contributed by atoms with E-state index in [1.54, 1.807) is 6.92 Å². The van der Waals surface area contributed by atoms with Crippen molar-refractivity contribution in [3.8, 4) is 5.75 Å². The van der Waals surface area contributed by atoms with E-state index in [9.17, 15) is 4.79 Å². The molecule has 19 heavy (non-hydrogen) atoms. The van der Waals surface area contributed by atoms with Gasteiger partial charge in [-0.15, -0.1) is 12.4 Å². The molecule has 108 valence electrons. The molecule has 1 aromatic rings. The van der Waals surface area contributed by atoms with Gasteiger partial charge in [-0.25, -0.2) is 4.79 Å². The second-order valence-electron chi connectivity index (χ2n) is 4.86. The third-order valence-corrected chi connectivity index (χ3v) is 2.77. The second kappa shape index (κ2) is 8.05. The van der Waals surface area contributed by atoms with Crippen molar-refractivity contribution in [2.24, 2.45) is 0 Å². The standard InChI is InChI=1S/C15H22O3.ClH/c1-6-17-15(16)18-14-12(10(2)3)8-7-9-13(14)11(4)5;/h7-11H,6H2,1-5H3;1H. The smallest absolute Gasteiger partial charge is 0.434 e. The molecule has 0 spiro atoms. The average Bonchev–Trinajstić information content (AvgIpc) is 2.28. The van der Waals surface area contributed by atoms with Crippen LogP contribution in [-0.4, -0.2) is 12.8 Å². The van der Waals surface area contributed by atoms with Gasteiger partial charge in [-0.1, -0.05) is 45.9 Å². The normalized spacial score (nSPS) is 10.3. The van der Waals surface area contributed by atoms with Crippen LogP contribution in [0.3, 0.4) is 0 Å². The zero-order valence-electron chi connectivity index (χ0n) is 12.2. The Bertz CT molecular complexity index is 388. The molecule has 1 rings (SSSR count). The van der Waals surface area contributed by atoms with Gasteiger partial charge in [-0.3, -0.25) is 0 Å². The summed E-state index contributed by atoms with van der Waals surface area (Å²) in [5.41, 5.74) is 2.07. The van der Waals surface area contributed by atoms with Crippen molar-refractivity contribution >= 4 is 18.6 Å². The van der Waals surface area contributed by atoms with E-state index in [-0.39, 0.29) is 12.4 Å². The molecule has 0 aliphatic rings. The average molecular weight is 287 g/mol. The molecule has 0 saturated heterocycles. The summed E-state index contributed by atoms with van der Waals surface area (Å²) in [6, 6.07) is 5.99. The van der Waals surface area contributed by atoms with Crippen molar-refractivity contribution in [1.82, 2.24) is 0 Å². The number of hydrogen-bond acceptors (Lipinski definition) is 3. The molecule has 0 bridgehead atoms. The highest BCUT2D eigenvalue weighted by Crippen LogP contribution is 2.34. The van der Waals surface area contributed by atoms with Crippen molar-refractivity contribution in [2.75, 3.05) is 6.61 Å². The number of rotatable bonds is 4. The summed E-state index contributed by atoms with van der Waals surface area (Å²) in [5.74, 6) is 1.25. The quantitative estimate of drug-likeness (QED) is 0.584. The Hall–Kier alpha value is -1.22. The first-order valence-corrected chi connectivity index (χ1v) is 6.44. The Morgan fingerprint density at radius 2 is 1.58 bits per heavy atom. The molecule has 3 nitrogen and oxygen atoms in total. The minimum Gasteiger partial charge on any atom is -0.434 e. The molecule has 0 radical (unpaired) electrons. The second-order valence-corrected chi connectivity index (χ2v) is 4.86. The first kappa shape index (κ1) is 17.8. The largest absolute Gasteiger partial charge is 0.513 e. The molecule has 0 atom stereocenters. The maximum absolute atomic E-state index is 11.5. The van der Waals surface area contributed by atoms with Gasteiger partial charge in [-0.2, -0.15) is 0 Å². The lowest BCUT2D eigenvalue weighted by atomic mass is 9.94. The topological polar surface area (TPSA) is 35.5 Å². The lowest BCUT2D eigenvalue weighted by Gasteiger charge is -2.18. The molecule has 4 heteroatoms. The number of hydrogen-bond donors (Lipinski definition) is 0. The minimum absolute atomic E-state index is 0. The summed E-state index contributed by atoms with van der Waals surface area (Å²) in [5, 5.41) is 0. The summed E-state index contributed by atoms with van der Waals surface area (Å²) in [4.78, 5) is 11.5. The highest BCUT2D eigenvalue weighted by molar-refractivity contribution is 5.85. The molecule has 0 fully saturated rings. The summed E-state index contributed by atoms with van der Waals surface area (Å²) in [6.07, 6.45) is -0.632. The van der Waals surface area contributed by atoms with Crippen molar-refractivity contribution < 1.29 is 14.3 Å². The van der Waals surface area contributed by atoms with Gasteiger partial charge < -0.3 is 9.47 Å². The Labute approximate surface area is 121 Å². The van der Waals surface area contributed by atoms with Crippen LogP contribution in [0.15, 0.2) is 18.2 Å². The Morgan fingerprint density at radius 1 is 1.11 bits per heavy atom. The van der Waals surface area contributed by atoms with E-state index in [1.165, 1.54) is 0 Å². The van der Waals surface area contributed by atoms with E-state index in [0.717, 1.165) is 11.1 Å². The summed E-state index contributed by atoms with van der Waals surface area (Å²) in [6.45, 7) is 10.4. The van der Waals surface area contributed by atoms with Crippen LogP contribution < -0.4 is 4.74 Å². The molecule has 0 N–H and O–H groups in total. The fraction of sp³-hybridized carbons (Fsp3) is 0.533. The van der Waals surface area contributed by atoms with E-state index in [2.05, 4.69) is 27.7 Å². The number of carbonyl (C=O) groups excluding carboxylic acids is 1. The first-order chi connectivity index (χ1) is 8.47. The van der Waals surface area contributed by atoms with Crippen molar-refractivity contribution in [3.63, 3.8) is 0 Å². The molecular weight excluding hydrogens is 264 g/mol. The summed E-state index contributed by atoms with van der Waals surface area (Å²) < 4.78 is 10.2. The number of ether oxygens (including phenoxy) is 2. The van der Waals surface area contributed by atoms with Crippen LogP contribution >= 0.6 is 12.4 Å². The van der Waals surface area contributed by atoms with Gasteiger partial charge in [0.2, 0.25) is 0 Å². The molecule has 0 aliphatic carbocycles. The van der Waals surface area contributed by atoms with Gasteiger partial charge in [0.15, 0.2) is 0 Å². The van der Waals surface area contributed by atoms with Crippen LogP contribution in [0.1, 0.15) is 57.6 Å². The number of carbonyl (C=O) groups is 1. The van der Waals surface area contributed by atoms with Crippen LogP contribution in [0.25, 0.3) is 0 Å². The highest BCUT2D eigenvalue weighted by Gasteiger charge is 2.18. The fourth-order valence-corrected chi connectivity index (χ4v) is 1.83. The molecular formula is C15H23ClO3. The van der Waals surface area contributed by atoms with E-state index < -0.39 is 6.16 Å². The van der Waals surface area contributed by atoms with Crippen LogP contribution in [-0.2, 0) is 4.74 Å². The van der Waals surface area contributed by atoms with Crippen LogP contribution in [0.4, 0.5) is 4.79 Å². The van der Waals surface area contributed by atoms with Crippen LogP contribution in [0.5, 0.6) is 5.75 Å². The van der Waals surface area contributed by atoms with Gasteiger partial charge in [0, 0.05) is 0 Å². The molecule has 0 aromatic heterocycles. The third kappa shape index (κ3) is 4.75. The zero-order chi connectivity index (χ0) is 13.7. The fourth-order valence-electron chi connectivity index (χ4n) is 1.83. The maximum atomic E-state index is 11.5. The maximum Gasteiger partial charge on any atom is 0.513 e. The Balaban J connectivity index is 0.00000324. The highest BCUT2D eigenvalue weighted by atomic mass is 35.5. The van der Waals surface area contributed by atoms with Crippen molar-refractivity contribution in [2.45, 2.75) is 46.5 Å². The van der Waals surface area contributed by atoms with Crippen LogP contribution in [0, 0.1) is 0 Å². The lowest BCUT2D eigenvalue weighted by Crippen LogP contribution is -2.13. The van der Waals surface area contributed by atoms with Gasteiger partial charge in [-0.05, 0) is 29.9 Å². The monoisotopic (exact) mass is 286 g/mol. The molecule has 0 saturated carbocycles. The molecule has 0 unspecified atom stereocenters. The molecule has 0 aliphatic heterocycles. The molecule has 0 amide bonds. The predicted octanol–water partition coefficient (Wildman–Crippen LogP) is 4.89. The minimum atomic E-state index is -0.632. The van der Waals surface area contributed by atoms with Gasteiger partial charge in [0.05, 0.1) is 6.61 Å². The SMILES string of the molecule is CCOC(=O)Oc1c(C(C)C)cccc1C(C)C.Cl. The van der Waals surface area contributed by atoms with Gasteiger partial charge in [0.25, 0.3) is 0 Å². The number of halogens is 1. The van der Waals surface area contributed by atoms with E-state index >= 15 is 0 Å². The van der Waals surface area contributed by atoms with E-state index in [4.69, 9.17) is 9.47 Å². The molecule has 1 aromatic carbocycles. The molecule has 0 heterocycles. The first-order valence-electron chi connectivity index (χ1n) is 6.44. The lowest BCUT2D eigenvalue weighted by molar-refractivity contribution is 0.103.